The largest absolute Gasteiger partial charge is 0.338 e. The minimum Gasteiger partial charge on any atom is -0.338 e. The van der Waals surface area contributed by atoms with Crippen molar-refractivity contribution in [2.75, 3.05) is 0 Å². The Balaban J connectivity index is 1.76. The molecule has 3 aromatic rings. The third-order valence-electron chi connectivity index (χ3n) is 4.02. The first kappa shape index (κ1) is 18.3. The number of hydrogen-bond donors (Lipinski definition) is 0. The second-order valence-corrected chi connectivity index (χ2v) is 8.87. The second-order valence-electron chi connectivity index (χ2n) is 6.88. The zero-order valence-electron chi connectivity index (χ0n) is 15.1. The van der Waals surface area contributed by atoms with Gasteiger partial charge in [0.25, 0.3) is 0 Å². The van der Waals surface area contributed by atoms with E-state index in [4.69, 9.17) is 4.52 Å². The molecule has 0 spiro atoms. The Bertz CT molecular complexity index is 973. The summed E-state index contributed by atoms with van der Waals surface area (Å²) in [5, 5.41) is 3.89. The van der Waals surface area contributed by atoms with Gasteiger partial charge in [0, 0.05) is 5.56 Å². The molecule has 6 heteroatoms. The van der Waals surface area contributed by atoms with E-state index in [1.54, 1.807) is 12.1 Å². The molecule has 0 aliphatic carbocycles. The SMILES string of the molecule is Cc1ccc(-c2noc(CS(=O)(=O)c3ccc(CC(C)C)cc3)n2)cc1. The van der Waals surface area contributed by atoms with Crippen molar-refractivity contribution in [1.29, 1.82) is 0 Å². The molecule has 26 heavy (non-hydrogen) atoms. The van der Waals surface area contributed by atoms with Gasteiger partial charge in [-0.15, -0.1) is 0 Å². The monoisotopic (exact) mass is 370 g/mol. The zero-order chi connectivity index (χ0) is 18.7. The van der Waals surface area contributed by atoms with E-state index in [0.717, 1.165) is 23.1 Å². The molecule has 0 bridgehead atoms. The maximum absolute atomic E-state index is 12.6. The topological polar surface area (TPSA) is 73.1 Å². The average Bonchev–Trinajstić information content (AvgIpc) is 3.03. The second kappa shape index (κ2) is 7.41. The molecule has 0 aliphatic rings. The third kappa shape index (κ3) is 4.38. The maximum Gasteiger partial charge on any atom is 0.242 e. The van der Waals surface area contributed by atoms with Crippen LogP contribution in [0.15, 0.2) is 57.9 Å². The summed E-state index contributed by atoms with van der Waals surface area (Å²) in [4.78, 5) is 4.48. The van der Waals surface area contributed by atoms with E-state index in [1.165, 1.54) is 0 Å². The van der Waals surface area contributed by atoms with Crippen LogP contribution in [0.4, 0.5) is 0 Å². The van der Waals surface area contributed by atoms with Crippen molar-refractivity contribution in [3.05, 3.63) is 65.5 Å². The molecule has 0 N–H and O–H groups in total. The summed E-state index contributed by atoms with van der Waals surface area (Å²) < 4.78 is 30.3. The first-order valence-electron chi connectivity index (χ1n) is 8.55. The predicted octanol–water partition coefficient (Wildman–Crippen LogP) is 4.22. The summed E-state index contributed by atoms with van der Waals surface area (Å²) in [6.07, 6.45) is 0.921. The Morgan fingerprint density at radius 3 is 2.27 bits per heavy atom. The van der Waals surface area contributed by atoms with Gasteiger partial charge in [0.1, 0.15) is 5.75 Å². The Morgan fingerprint density at radius 1 is 1.00 bits per heavy atom. The van der Waals surface area contributed by atoms with E-state index >= 15 is 0 Å². The van der Waals surface area contributed by atoms with Crippen LogP contribution in [0.1, 0.15) is 30.9 Å². The zero-order valence-corrected chi connectivity index (χ0v) is 16.0. The van der Waals surface area contributed by atoms with Crippen molar-refractivity contribution < 1.29 is 12.9 Å². The fourth-order valence-corrected chi connectivity index (χ4v) is 3.84. The minimum atomic E-state index is -3.53. The van der Waals surface area contributed by atoms with Crippen molar-refractivity contribution in [2.45, 2.75) is 37.8 Å². The van der Waals surface area contributed by atoms with Crippen LogP contribution < -0.4 is 0 Å². The van der Waals surface area contributed by atoms with Crippen LogP contribution in [-0.4, -0.2) is 18.6 Å². The summed E-state index contributed by atoms with van der Waals surface area (Å²) in [6, 6.07) is 14.7. The molecular weight excluding hydrogens is 348 g/mol. The molecule has 0 atom stereocenters. The highest BCUT2D eigenvalue weighted by Gasteiger charge is 2.20. The Hall–Kier alpha value is -2.47. The van der Waals surface area contributed by atoms with Gasteiger partial charge in [-0.3, -0.25) is 0 Å². The molecular formula is C20H22N2O3S. The molecule has 136 valence electrons. The van der Waals surface area contributed by atoms with Crippen molar-refractivity contribution in [3.8, 4) is 11.4 Å². The van der Waals surface area contributed by atoms with Crippen LogP contribution in [0.5, 0.6) is 0 Å². The van der Waals surface area contributed by atoms with Gasteiger partial charge >= 0.3 is 0 Å². The van der Waals surface area contributed by atoms with Gasteiger partial charge in [-0.2, -0.15) is 4.98 Å². The highest BCUT2D eigenvalue weighted by Crippen LogP contribution is 2.20. The van der Waals surface area contributed by atoms with Crippen molar-refractivity contribution in [1.82, 2.24) is 10.1 Å². The minimum absolute atomic E-state index is 0.0897. The summed E-state index contributed by atoms with van der Waals surface area (Å²) >= 11 is 0. The number of aryl methyl sites for hydroxylation is 1. The number of benzene rings is 2. The average molecular weight is 370 g/mol. The van der Waals surface area contributed by atoms with E-state index in [2.05, 4.69) is 24.0 Å². The first-order valence-corrected chi connectivity index (χ1v) is 10.2. The van der Waals surface area contributed by atoms with Crippen LogP contribution in [0.2, 0.25) is 0 Å². The molecule has 0 unspecified atom stereocenters. The Morgan fingerprint density at radius 2 is 1.65 bits per heavy atom. The van der Waals surface area contributed by atoms with Crippen LogP contribution in [0.25, 0.3) is 11.4 Å². The third-order valence-corrected chi connectivity index (χ3v) is 5.64. The molecule has 5 nitrogen and oxygen atoms in total. The lowest BCUT2D eigenvalue weighted by Crippen LogP contribution is -2.05. The van der Waals surface area contributed by atoms with Gasteiger partial charge < -0.3 is 4.52 Å². The van der Waals surface area contributed by atoms with Gasteiger partial charge in [-0.25, -0.2) is 8.42 Å². The molecule has 1 aromatic heterocycles. The van der Waals surface area contributed by atoms with Crippen molar-refractivity contribution in [3.63, 3.8) is 0 Å². The molecule has 3 rings (SSSR count). The number of sulfone groups is 1. The quantitative estimate of drug-likeness (QED) is 0.649. The number of aromatic nitrogens is 2. The number of hydrogen-bond acceptors (Lipinski definition) is 5. The normalized spacial score (nSPS) is 11.8. The van der Waals surface area contributed by atoms with Gasteiger partial charge in [-0.1, -0.05) is 61.0 Å². The van der Waals surface area contributed by atoms with Gasteiger partial charge in [0.05, 0.1) is 4.90 Å². The van der Waals surface area contributed by atoms with Crippen molar-refractivity contribution >= 4 is 9.84 Å². The number of nitrogens with zero attached hydrogens (tertiary/aromatic N) is 2. The van der Waals surface area contributed by atoms with Crippen LogP contribution in [0, 0.1) is 12.8 Å². The van der Waals surface area contributed by atoms with E-state index in [0.29, 0.717) is 11.7 Å². The van der Waals surface area contributed by atoms with Crippen molar-refractivity contribution in [2.24, 2.45) is 5.92 Å². The number of rotatable bonds is 6. The summed E-state index contributed by atoms with van der Waals surface area (Å²) in [6.45, 7) is 6.25. The fourth-order valence-electron chi connectivity index (χ4n) is 2.68. The van der Waals surface area contributed by atoms with E-state index < -0.39 is 9.84 Å². The Labute approximate surface area is 154 Å². The molecule has 0 radical (unpaired) electrons. The highest BCUT2D eigenvalue weighted by molar-refractivity contribution is 7.90. The Kier molecular flexibility index (Phi) is 5.23. The molecule has 1 heterocycles. The smallest absolute Gasteiger partial charge is 0.242 e. The summed E-state index contributed by atoms with van der Waals surface area (Å²) in [7, 11) is -3.53. The molecule has 0 saturated heterocycles. The fraction of sp³-hybridized carbons (Fsp3) is 0.300. The van der Waals surface area contributed by atoms with Gasteiger partial charge in [-0.05, 0) is 37.0 Å². The predicted molar refractivity (Wildman–Crippen MR) is 100 cm³/mol. The van der Waals surface area contributed by atoms with Crippen LogP contribution >= 0.6 is 0 Å². The first-order chi connectivity index (χ1) is 12.3. The van der Waals surface area contributed by atoms with E-state index in [-0.39, 0.29) is 16.5 Å². The molecule has 0 saturated carbocycles. The van der Waals surface area contributed by atoms with Crippen LogP contribution in [-0.2, 0) is 22.0 Å². The lowest BCUT2D eigenvalue weighted by Gasteiger charge is -2.06. The summed E-state index contributed by atoms with van der Waals surface area (Å²) in [5.74, 6) is 0.695. The van der Waals surface area contributed by atoms with E-state index in [1.807, 2.05) is 43.3 Å². The lowest BCUT2D eigenvalue weighted by atomic mass is 10.0. The maximum atomic E-state index is 12.6. The van der Waals surface area contributed by atoms with Gasteiger partial charge in [0.2, 0.25) is 11.7 Å². The molecule has 0 aliphatic heterocycles. The van der Waals surface area contributed by atoms with E-state index in [9.17, 15) is 8.42 Å². The van der Waals surface area contributed by atoms with Crippen LogP contribution in [0.3, 0.4) is 0 Å². The molecule has 0 fully saturated rings. The highest BCUT2D eigenvalue weighted by atomic mass is 32.2. The molecule has 2 aromatic carbocycles. The molecule has 0 amide bonds. The standard InChI is InChI=1S/C20H22N2O3S/c1-14(2)12-16-6-10-18(11-7-16)26(23,24)13-19-21-20(22-25-19)17-8-4-15(3)5-9-17/h4-11,14H,12-13H2,1-3H3. The van der Waals surface area contributed by atoms with Gasteiger partial charge in [0.15, 0.2) is 9.84 Å². The lowest BCUT2D eigenvalue weighted by molar-refractivity contribution is 0.389. The summed E-state index contributed by atoms with van der Waals surface area (Å²) in [5.41, 5.74) is 3.04.